The number of carboxylic acid groups (broad SMARTS) is 4. The number of carbonyl (C=O) groups is 12. The Morgan fingerprint density at radius 3 is 1.85 bits per heavy atom. The van der Waals surface area contributed by atoms with Gasteiger partial charge < -0.3 is 61.5 Å². The van der Waals surface area contributed by atoms with Gasteiger partial charge in [0.25, 0.3) is 6.47 Å². The van der Waals surface area contributed by atoms with E-state index in [0.29, 0.717) is 31.4 Å². The molecule has 1 aromatic carbocycles. The zero-order valence-electron chi connectivity index (χ0n) is 41.9. The molecule has 0 unspecified atom stereocenters. The van der Waals surface area contributed by atoms with Crippen molar-refractivity contribution in [3.63, 3.8) is 0 Å². The second kappa shape index (κ2) is 35.5. The molecule has 25 heteroatoms. The molecule has 0 aromatic heterocycles. The van der Waals surface area contributed by atoms with Crippen molar-refractivity contribution in [1.82, 2.24) is 36.4 Å². The Hall–Kier alpha value is -6.63. The predicted octanol–water partition coefficient (Wildman–Crippen LogP) is 1.52. The van der Waals surface area contributed by atoms with Gasteiger partial charge in [0.05, 0.1) is 24.8 Å². The van der Waals surface area contributed by atoms with Gasteiger partial charge in [0.1, 0.15) is 23.9 Å². The van der Waals surface area contributed by atoms with Crippen molar-refractivity contribution in [2.24, 2.45) is 5.92 Å². The van der Waals surface area contributed by atoms with Gasteiger partial charge in [0.15, 0.2) is 12.0 Å². The number of unbranched alkanes of at least 4 members (excludes halogenated alkanes) is 5. The van der Waals surface area contributed by atoms with Gasteiger partial charge in [0.2, 0.25) is 23.6 Å². The zero-order chi connectivity index (χ0) is 55.0. The lowest BCUT2D eigenvalue weighted by Crippen LogP contribution is -2.57. The summed E-state index contributed by atoms with van der Waals surface area (Å²) < 4.78 is 4.61. The van der Waals surface area contributed by atoms with Crippen molar-refractivity contribution in [2.45, 2.75) is 153 Å². The second-order valence-electron chi connectivity index (χ2n) is 17.6. The summed E-state index contributed by atoms with van der Waals surface area (Å²) in [5.74, 6) is -9.34. The van der Waals surface area contributed by atoms with Gasteiger partial charge in [-0.05, 0) is 51.6 Å². The van der Waals surface area contributed by atoms with Crippen LogP contribution in [0.25, 0.3) is 0 Å². The Labute approximate surface area is 429 Å². The summed E-state index contributed by atoms with van der Waals surface area (Å²) in [4.78, 5) is 150. The fourth-order valence-electron chi connectivity index (χ4n) is 7.36. The number of likely N-dealkylation sites (N-methyl/N-ethyl adjacent to an activating group) is 3. The highest BCUT2D eigenvalue weighted by Crippen LogP contribution is 2.18. The number of nitrogens with one attached hydrogen (secondary N) is 5. The van der Waals surface area contributed by atoms with Gasteiger partial charge >= 0.3 is 29.9 Å². The van der Waals surface area contributed by atoms with Crippen LogP contribution in [0.5, 0.6) is 0 Å². The first-order valence-corrected chi connectivity index (χ1v) is 24.7. The first kappa shape index (κ1) is 64.4. The van der Waals surface area contributed by atoms with E-state index in [9.17, 15) is 72.9 Å². The highest BCUT2D eigenvalue weighted by atomic mass is 32.1. The smallest absolute Gasteiger partial charge is 0.326 e. The minimum absolute atomic E-state index is 0.0123. The third-order valence-electron chi connectivity index (χ3n) is 12.0. The SMILES string of the molecule is CN[C@@H](CNC(=O)CC[C@H](CC(=O)[C@H](Cc1ccccc1)NC(=O)CCCCCCCCC(=O)CC[C@H](NC(=O)N[C@@H](CCC(=O)O)OC=O)C(=O)O)C(=O)O)C(=O)N(C)[C@@H](CC(=O)O)C(=O)N(C)[C@H](C)CS. The van der Waals surface area contributed by atoms with Gasteiger partial charge in [-0.3, -0.25) is 47.9 Å². The van der Waals surface area contributed by atoms with E-state index < -0.39 is 115 Å². The van der Waals surface area contributed by atoms with E-state index >= 15 is 0 Å². The Bertz CT molecular complexity index is 2010. The first-order valence-electron chi connectivity index (χ1n) is 24.1. The lowest BCUT2D eigenvalue weighted by molar-refractivity contribution is -0.150. The van der Waals surface area contributed by atoms with Gasteiger partial charge in [-0.25, -0.2) is 9.59 Å². The number of thiol groups is 1. The van der Waals surface area contributed by atoms with Crippen LogP contribution in [-0.2, 0) is 63.9 Å². The molecule has 73 heavy (non-hydrogen) atoms. The van der Waals surface area contributed by atoms with E-state index in [4.69, 9.17) is 5.11 Å². The van der Waals surface area contributed by atoms with Crippen molar-refractivity contribution in [1.29, 1.82) is 0 Å². The molecule has 6 amide bonds. The molecule has 0 fully saturated rings. The van der Waals surface area contributed by atoms with Crippen LogP contribution in [-0.4, -0.2) is 172 Å². The predicted molar refractivity (Wildman–Crippen MR) is 265 cm³/mol. The average Bonchev–Trinajstić information content (AvgIpc) is 3.34. The number of nitrogens with zero attached hydrogens (tertiary/aromatic N) is 2. The van der Waals surface area contributed by atoms with Crippen LogP contribution < -0.4 is 26.6 Å². The van der Waals surface area contributed by atoms with E-state index in [-0.39, 0.29) is 76.2 Å². The zero-order valence-corrected chi connectivity index (χ0v) is 42.8. The Morgan fingerprint density at radius 1 is 0.658 bits per heavy atom. The average molecular weight is 1050 g/mol. The topological polar surface area (TPSA) is 362 Å². The number of ether oxygens (including phenoxy) is 1. The van der Waals surface area contributed by atoms with Crippen LogP contribution in [0.1, 0.15) is 115 Å². The Morgan fingerprint density at radius 2 is 1.29 bits per heavy atom. The van der Waals surface area contributed by atoms with Crippen molar-refractivity contribution in [2.75, 3.05) is 33.4 Å². The first-order chi connectivity index (χ1) is 34.5. The maximum absolute atomic E-state index is 13.7. The van der Waals surface area contributed by atoms with Gasteiger partial charge in [0, 0.05) is 71.0 Å². The van der Waals surface area contributed by atoms with Crippen molar-refractivity contribution in [3.05, 3.63) is 35.9 Å². The molecule has 0 heterocycles. The standard InChI is InChI=1S/C48H73N7O17S/c1-30(28-73)54(3)45(66)37(26-43(63)64)55(4)44(65)36(49-2)27-50-39(59)21-18-32(46(67)68)25-38(58)35(24-31-14-10-9-11-15-31)51-40(60)17-13-8-6-5-7-12-16-33(57)19-20-34(47(69)70)52-48(71)53-41(72-29-56)22-23-42(61)62/h9-11,14-15,29-30,32,34-37,41,49,73H,5-8,12-13,16-28H2,1-4H3,(H,50,59)(H,51,60)(H,61,62)(H,63,64)(H,67,68)(H,69,70)(H2,52,53,71)/t30-,32-,34+,35+,36+,37+,41-/m1/s1. The third-order valence-corrected chi connectivity index (χ3v) is 12.5. The van der Waals surface area contributed by atoms with Crippen LogP contribution in [0.4, 0.5) is 4.79 Å². The molecule has 0 aliphatic heterocycles. The number of amides is 6. The molecule has 0 saturated carbocycles. The molecule has 24 nitrogen and oxygen atoms in total. The number of carboxylic acids is 4. The van der Waals surface area contributed by atoms with Crippen molar-refractivity contribution >= 4 is 84.2 Å². The molecule has 0 bridgehead atoms. The summed E-state index contributed by atoms with van der Waals surface area (Å²) in [5, 5.41) is 50.2. The molecule has 1 rings (SSSR count). The second-order valence-corrected chi connectivity index (χ2v) is 18.0. The molecule has 9 N–H and O–H groups in total. The maximum atomic E-state index is 13.7. The number of hydrogen-bond donors (Lipinski definition) is 10. The summed E-state index contributed by atoms with van der Waals surface area (Å²) >= 11 is 4.18. The van der Waals surface area contributed by atoms with E-state index in [1.807, 2.05) is 0 Å². The van der Waals surface area contributed by atoms with E-state index in [1.54, 1.807) is 37.3 Å². The lowest BCUT2D eigenvalue weighted by Gasteiger charge is -2.34. The number of ketones is 2. The van der Waals surface area contributed by atoms with Gasteiger partial charge in [-0.2, -0.15) is 12.6 Å². The van der Waals surface area contributed by atoms with Crippen LogP contribution in [0, 0.1) is 5.92 Å². The maximum Gasteiger partial charge on any atom is 0.326 e. The summed E-state index contributed by atoms with van der Waals surface area (Å²) in [6.07, 6.45) is 0.0872. The highest BCUT2D eigenvalue weighted by molar-refractivity contribution is 7.80. The number of benzene rings is 1. The number of carbonyl (C=O) groups excluding carboxylic acids is 8. The number of urea groups is 1. The summed E-state index contributed by atoms with van der Waals surface area (Å²) in [7, 11) is 4.19. The van der Waals surface area contributed by atoms with Gasteiger partial charge in [-0.15, -0.1) is 0 Å². The molecule has 1 aromatic rings. The van der Waals surface area contributed by atoms with Crippen molar-refractivity contribution < 1.29 is 82.7 Å². The summed E-state index contributed by atoms with van der Waals surface area (Å²) in [6, 6.07) is 2.49. The van der Waals surface area contributed by atoms with Crippen LogP contribution in [0.15, 0.2) is 30.3 Å². The third kappa shape index (κ3) is 26.6. The van der Waals surface area contributed by atoms with Crippen LogP contribution >= 0.6 is 12.6 Å². The highest BCUT2D eigenvalue weighted by Gasteiger charge is 2.35. The van der Waals surface area contributed by atoms with E-state index in [2.05, 4.69) is 43.9 Å². The van der Waals surface area contributed by atoms with E-state index in [0.717, 1.165) is 23.3 Å². The Balaban J connectivity index is 2.68. The molecule has 0 aliphatic carbocycles. The Kier molecular flexibility index (Phi) is 31.3. The normalized spacial score (nSPS) is 13.8. The molecule has 408 valence electrons. The number of rotatable bonds is 40. The lowest BCUT2D eigenvalue weighted by atomic mass is 9.91. The molecule has 0 spiro atoms. The number of hydrogen-bond acceptors (Lipinski definition) is 15. The fourth-order valence-corrected chi connectivity index (χ4v) is 7.60. The molecular formula is C48H73N7O17S. The summed E-state index contributed by atoms with van der Waals surface area (Å²) in [5.41, 5.74) is 0.719. The molecular weight excluding hydrogens is 979 g/mol. The quantitative estimate of drug-likeness (QED) is 0.0193. The van der Waals surface area contributed by atoms with Crippen LogP contribution in [0.3, 0.4) is 0 Å². The largest absolute Gasteiger partial charge is 0.481 e. The van der Waals surface area contributed by atoms with Gasteiger partial charge in [-0.1, -0.05) is 56.0 Å². The monoisotopic (exact) mass is 1050 g/mol. The van der Waals surface area contributed by atoms with E-state index in [1.165, 1.54) is 26.0 Å². The fraction of sp³-hybridized carbons (Fsp3) is 0.625. The molecule has 7 atom stereocenters. The number of aliphatic carboxylic acids is 4. The molecule has 0 aliphatic rings. The number of Topliss-reactive ketones (excluding diaryl/α,β-unsaturated/α-hetero) is 2. The molecule has 0 radical (unpaired) electrons. The van der Waals surface area contributed by atoms with Crippen molar-refractivity contribution in [3.8, 4) is 0 Å². The molecule has 0 saturated heterocycles. The minimum Gasteiger partial charge on any atom is -0.481 e. The minimum atomic E-state index is -1.44. The summed E-state index contributed by atoms with van der Waals surface area (Å²) in [6.45, 7) is 1.44. The van der Waals surface area contributed by atoms with Crippen LogP contribution in [0.2, 0.25) is 0 Å².